The number of benzene rings is 6. The molecule has 2 aliphatic rings. The molecule has 6 aromatic carbocycles. The summed E-state index contributed by atoms with van der Waals surface area (Å²) in [4.78, 5) is 62.6. The summed E-state index contributed by atoms with van der Waals surface area (Å²) in [6.07, 6.45) is -21.5. The summed E-state index contributed by atoms with van der Waals surface area (Å²) in [6, 6.07) is -2.64. The average molecular weight is 1390 g/mol. The van der Waals surface area contributed by atoms with E-state index >= 15 is 4.79 Å². The van der Waals surface area contributed by atoms with E-state index in [4.69, 9.17) is 42.5 Å². The van der Waals surface area contributed by atoms with Gasteiger partial charge in [-0.3, -0.25) is 19.2 Å². The molecule has 0 aliphatic heterocycles. The van der Waals surface area contributed by atoms with Crippen molar-refractivity contribution in [3.8, 4) is 22.3 Å². The highest BCUT2D eigenvalue weighted by molar-refractivity contribution is 7.98. The molecule has 0 saturated heterocycles. The number of likely N-dealkylation sites (N-methyl/N-ethyl adjacent to an activating group) is 2. The van der Waals surface area contributed by atoms with E-state index < -0.39 is 302 Å². The number of nitrogens with zero attached hydrogens (tertiary/aromatic N) is 8. The van der Waals surface area contributed by atoms with E-state index in [1.165, 1.54) is 24.3 Å². The molecule has 0 bridgehead atoms. The zero-order valence-electron chi connectivity index (χ0n) is 91.0. The maximum Gasteiger partial charge on any atom is 0.416 e. The predicted octanol–water partition coefficient (Wildman–Crippen LogP) is 14.7. The van der Waals surface area contributed by atoms with E-state index in [0.29, 0.717) is 51.2 Å². The van der Waals surface area contributed by atoms with Gasteiger partial charge in [0, 0.05) is 97.7 Å². The molecule has 10 rings (SSSR count). The van der Waals surface area contributed by atoms with E-state index in [2.05, 4.69) is 9.97 Å². The maximum absolute atomic E-state index is 15.6. The molecule has 22 heteroatoms. The summed E-state index contributed by atoms with van der Waals surface area (Å²) in [5.41, 5.74) is -14.8. The van der Waals surface area contributed by atoms with E-state index in [9.17, 15) is 63.2 Å². The summed E-state index contributed by atoms with van der Waals surface area (Å²) >= 11 is 0.607. The molecular weight excluding hydrogens is 1270 g/mol. The second-order valence-corrected chi connectivity index (χ2v) is 21.2. The Balaban J connectivity index is 0.000000316. The van der Waals surface area contributed by atoms with Crippen molar-refractivity contribution in [3.05, 3.63) is 233 Å². The smallest absolute Gasteiger partial charge is 0.336 e. The Kier molecular flexibility index (Phi) is 12.0. The van der Waals surface area contributed by atoms with Gasteiger partial charge in [-0.25, -0.2) is 8.78 Å². The van der Waals surface area contributed by atoms with Crippen LogP contribution in [0.25, 0.3) is 22.3 Å². The molecule has 2 amide bonds. The molecule has 0 atom stereocenters. The Morgan fingerprint density at radius 2 is 1.04 bits per heavy atom. The SMILES string of the molecule is [2H]C([2H])(C)N(C([2H])([2H])C)C([2H])([2H])C([2H])([2H])N(C(=O)C([2H])([2H])n1c(SCc2ccc(F)cc2)nc(=O)c2c1CCC2)C([2H])([2H])c1ccc(-c2ccc(C(F)(F)F)cc2)cc1.[2H]c1c([2H])c(CSc2nc(=O)c3c(n2C([2H])([2H])C(=O)N(C([2H])([2H])c2c([2H])c([2H])c(-c4c([2H])c([2H])c(C(F)(F)F)c(C)c4[2H])c([2H])c2[2H])C([2H])([2H])C([2H])([2H])N(C([2H])([2H])C)C([2H])([2H])C)C([2H])([2H])C([2H])([2H])C3([2H])[2H])c([2H])c([2H])c1F. The number of hydrogen-bond donors (Lipinski definition) is 0. The van der Waals surface area contributed by atoms with Crippen LogP contribution in [0.1, 0.15) is 158 Å². The Hall–Kier alpha value is -7.92. The van der Waals surface area contributed by atoms with Crippen molar-refractivity contribution in [1.29, 1.82) is 0 Å². The first kappa shape index (κ1) is 34.8. The normalized spacial score (nSPS) is 22.5. The first-order chi connectivity index (χ1) is 61.1. The minimum absolute atomic E-state index is 0.0219. The number of hydrogen-bond acceptors (Lipinski definition) is 10. The summed E-state index contributed by atoms with van der Waals surface area (Å²) in [7, 11) is 0. The van der Waals surface area contributed by atoms with E-state index in [-0.39, 0.29) is 57.6 Å². The first-order valence-electron chi connectivity index (χ1n) is 48.1. The Bertz CT molecular complexity index is 6080. The number of aromatic nitrogens is 4. The number of thioether (sulfide) groups is 2. The zero-order chi connectivity index (χ0) is 104. The summed E-state index contributed by atoms with van der Waals surface area (Å²) < 4.78 is 469. The van der Waals surface area contributed by atoms with Gasteiger partial charge in [0.2, 0.25) is 11.8 Å². The van der Waals surface area contributed by atoms with Crippen LogP contribution in [0.15, 0.2) is 159 Å². The molecule has 2 aromatic heterocycles. The number of fused-ring (bicyclic) bond motifs is 2. The third-order valence-electron chi connectivity index (χ3n) is 13.1. The Labute approximate surface area is 615 Å². The highest BCUT2D eigenvalue weighted by Gasteiger charge is 2.33. The minimum atomic E-state index is -5.38. The second kappa shape index (κ2) is 32.7. The molecule has 0 spiro atoms. The van der Waals surface area contributed by atoms with E-state index in [1.807, 2.05) is 0 Å². The topological polar surface area (TPSA) is 117 Å². The monoisotopic (exact) mass is 1390 g/mol. The Morgan fingerprint density at radius 1 is 0.547 bits per heavy atom. The van der Waals surface area contributed by atoms with Crippen molar-refractivity contribution in [2.45, 2.75) is 133 Å². The molecule has 0 N–H and O–H groups in total. The van der Waals surface area contributed by atoms with E-state index in [0.717, 1.165) is 60.3 Å². The van der Waals surface area contributed by atoms with Crippen LogP contribution in [-0.2, 0) is 85.0 Å². The van der Waals surface area contributed by atoms with Crippen molar-refractivity contribution in [1.82, 2.24) is 38.7 Å². The Morgan fingerprint density at radius 3 is 1.59 bits per heavy atom. The summed E-state index contributed by atoms with van der Waals surface area (Å²) in [6.45, 7) is -44.4. The van der Waals surface area contributed by atoms with Crippen molar-refractivity contribution in [3.63, 3.8) is 0 Å². The third kappa shape index (κ3) is 19.0. The molecule has 0 saturated carbocycles. The quantitative estimate of drug-likeness (QED) is 0.0295. The van der Waals surface area contributed by atoms with Gasteiger partial charge in [0.15, 0.2) is 10.3 Å². The number of halogens is 8. The fourth-order valence-corrected chi connectivity index (χ4v) is 10.3. The molecule has 0 fully saturated rings. The van der Waals surface area contributed by atoms with Gasteiger partial charge in [0.1, 0.15) is 24.6 Å². The van der Waals surface area contributed by atoms with Crippen LogP contribution < -0.4 is 11.1 Å². The molecular formula is C73H78F8N8O4S2. The molecule has 95 heavy (non-hydrogen) atoms. The number of rotatable bonds is 26. The van der Waals surface area contributed by atoms with Crippen LogP contribution in [0.5, 0.6) is 0 Å². The van der Waals surface area contributed by atoms with Gasteiger partial charge in [0.05, 0.1) is 42.7 Å². The van der Waals surface area contributed by atoms with Crippen molar-refractivity contribution in [2.24, 2.45) is 0 Å². The molecule has 12 nitrogen and oxygen atoms in total. The second-order valence-electron chi connectivity index (χ2n) is 19.3. The van der Waals surface area contributed by atoms with Gasteiger partial charge in [-0.05, 0) is 164 Å². The molecule has 2 aliphatic carbocycles. The van der Waals surface area contributed by atoms with Crippen molar-refractivity contribution < 1.29 is 101 Å². The van der Waals surface area contributed by atoms with E-state index in [1.54, 1.807) is 0 Å². The lowest BCUT2D eigenvalue weighted by molar-refractivity contribution is -0.138. The van der Waals surface area contributed by atoms with Gasteiger partial charge in [0.25, 0.3) is 11.1 Å². The van der Waals surface area contributed by atoms with Gasteiger partial charge >= 0.3 is 12.4 Å². The minimum Gasteiger partial charge on any atom is -0.336 e. The van der Waals surface area contributed by atoms with Crippen molar-refractivity contribution in [2.75, 3.05) is 52.0 Å². The lowest BCUT2D eigenvalue weighted by Gasteiger charge is -2.28. The summed E-state index contributed by atoms with van der Waals surface area (Å²) in [5.74, 6) is -8.44. The van der Waals surface area contributed by atoms with Crippen LogP contribution >= 0.6 is 23.5 Å². The average Bonchev–Trinajstić information content (AvgIpc) is 1.50. The van der Waals surface area contributed by atoms with Crippen LogP contribution in [0.4, 0.5) is 35.1 Å². The number of amides is 2. The molecule has 502 valence electrons. The lowest BCUT2D eigenvalue weighted by atomic mass is 9.98. The number of carbonyl (C=O) groups excluding carboxylic acids is 2. The molecule has 2 heterocycles. The largest absolute Gasteiger partial charge is 0.416 e. The predicted molar refractivity (Wildman–Crippen MR) is 358 cm³/mol. The zero-order valence-corrected chi connectivity index (χ0v) is 51.6. The lowest BCUT2D eigenvalue weighted by Crippen LogP contribution is -2.40. The molecule has 0 radical (unpaired) electrons. The third-order valence-corrected chi connectivity index (χ3v) is 15.1. The van der Waals surface area contributed by atoms with Crippen molar-refractivity contribution >= 4 is 35.3 Å². The number of alkyl halides is 6. The van der Waals surface area contributed by atoms with Crippen LogP contribution in [0, 0.1) is 18.6 Å². The van der Waals surface area contributed by atoms with Crippen LogP contribution in [-0.4, -0.2) is 102 Å². The molecule has 8 aromatic rings. The summed E-state index contributed by atoms with van der Waals surface area (Å²) in [5, 5.41) is -1.86. The molecule has 0 unspecified atom stereocenters. The van der Waals surface area contributed by atoms with Gasteiger partial charge in [-0.2, -0.15) is 36.3 Å². The number of carbonyl (C=O) groups is 2. The van der Waals surface area contributed by atoms with Gasteiger partial charge in [-0.15, -0.1) is 0 Å². The fourth-order valence-electron chi connectivity index (χ4n) is 8.51. The van der Waals surface area contributed by atoms with Gasteiger partial charge < -0.3 is 28.7 Å². The highest BCUT2D eigenvalue weighted by atomic mass is 32.2. The van der Waals surface area contributed by atoms with Crippen LogP contribution in [0.2, 0.25) is 0 Å². The van der Waals surface area contributed by atoms with Gasteiger partial charge in [-0.1, -0.05) is 148 Å². The highest BCUT2D eigenvalue weighted by Crippen LogP contribution is 2.36. The van der Waals surface area contributed by atoms with Crippen LogP contribution in [0.3, 0.4) is 0 Å². The first-order valence-corrected chi connectivity index (χ1v) is 29.6. The standard InChI is InChI=1S/C37H40F4N4O2S.C36H38F4N4O2S/c1-4-43(5-2)19-20-44(22-26-9-13-28(14-10-26)29-15-18-32(25(3)21-29)37(39,40)41)34(46)23-45-33-8-6-7-31(33)35(47)42-36(45)48-24-27-11-16-30(38)17-12-27;1-3-42(4-2)20-21-43(22-25-8-12-27(13-9-25)28-14-16-29(17-15-28)36(38,39)40)33(45)23-44-32-7-5-6-31(32)34(46)41-35(44)47-24-26-10-18-30(37)19-11-26/h9-18,21H,4-8,19-20,22-24H2,1-3H3;8-19H,3-7,20-24H2,1-2H3/i4D2,5D2,6D2,7D2,8D2,9D,10D,11D,12D,13D,14D,15D,16D,17D,18D,19D2,20D2,21D,22D2,23D2;3D2,4D2,20D2,21D2,22D2,23D2. The fraction of sp³-hybridized carbons (Fsp3) is 0.370. The maximum atomic E-state index is 15.6.